The maximum absolute atomic E-state index is 6.34. The number of likely N-dealkylation sites (tertiary alicyclic amines) is 1. The van der Waals surface area contributed by atoms with Gasteiger partial charge in [-0.25, -0.2) is 0 Å². The van der Waals surface area contributed by atoms with Gasteiger partial charge in [0.2, 0.25) is 0 Å². The van der Waals surface area contributed by atoms with Crippen molar-refractivity contribution in [3.63, 3.8) is 0 Å². The summed E-state index contributed by atoms with van der Waals surface area (Å²) in [4.78, 5) is 5.12. The van der Waals surface area contributed by atoms with Crippen LogP contribution >= 0.6 is 11.6 Å². The van der Waals surface area contributed by atoms with E-state index in [1.807, 2.05) is 12.1 Å². The Kier molecular flexibility index (Phi) is 4.61. The molecule has 0 saturated carbocycles. The quantitative estimate of drug-likeness (QED) is 0.841. The summed E-state index contributed by atoms with van der Waals surface area (Å²) in [5.41, 5.74) is 1.52. The molecule has 4 nitrogen and oxygen atoms in total. The molecule has 4 rings (SSSR count). The topological polar surface area (TPSA) is 24.9 Å². The second kappa shape index (κ2) is 6.69. The van der Waals surface area contributed by atoms with E-state index < -0.39 is 0 Å². The molecule has 0 spiro atoms. The summed E-state index contributed by atoms with van der Waals surface area (Å²) in [7, 11) is 0. The summed E-state index contributed by atoms with van der Waals surface area (Å²) in [6, 6.07) is 8.20. The molecule has 5 heteroatoms. The van der Waals surface area contributed by atoms with Gasteiger partial charge >= 0.3 is 0 Å². The van der Waals surface area contributed by atoms with E-state index in [1.165, 1.54) is 5.56 Å². The van der Waals surface area contributed by atoms with E-state index in [-0.39, 0.29) is 0 Å². The summed E-state index contributed by atoms with van der Waals surface area (Å²) in [5.74, 6) is 0.646. The highest BCUT2D eigenvalue weighted by molar-refractivity contribution is 6.31. The van der Waals surface area contributed by atoms with E-state index in [9.17, 15) is 0 Å². The summed E-state index contributed by atoms with van der Waals surface area (Å²) in [5, 5.41) is 0.878. The zero-order valence-electron chi connectivity index (χ0n) is 13.5. The van der Waals surface area contributed by atoms with E-state index in [0.717, 1.165) is 70.7 Å². The number of fused-ring (bicyclic) bond motifs is 1. The summed E-state index contributed by atoms with van der Waals surface area (Å²) >= 11 is 6.34. The molecule has 0 aromatic heterocycles. The number of halogens is 1. The molecule has 3 fully saturated rings. The van der Waals surface area contributed by atoms with Gasteiger partial charge in [-0.15, -0.1) is 0 Å². The lowest BCUT2D eigenvalue weighted by atomic mass is 9.80. The lowest BCUT2D eigenvalue weighted by Gasteiger charge is -2.36. The predicted octanol–water partition coefficient (Wildman–Crippen LogP) is 2.12. The van der Waals surface area contributed by atoms with Crippen LogP contribution in [0, 0.1) is 11.3 Å². The summed E-state index contributed by atoms with van der Waals surface area (Å²) in [6.07, 6.45) is 0. The van der Waals surface area contributed by atoms with Gasteiger partial charge in [0.1, 0.15) is 0 Å². The monoisotopic (exact) mass is 336 g/mol. The number of hydrogen-bond acceptors (Lipinski definition) is 4. The maximum atomic E-state index is 6.34. The van der Waals surface area contributed by atoms with Crippen LogP contribution in [0.3, 0.4) is 0 Å². The summed E-state index contributed by atoms with van der Waals surface area (Å²) < 4.78 is 11.4. The Morgan fingerprint density at radius 3 is 2.78 bits per heavy atom. The Bertz CT molecular complexity index is 550. The molecule has 3 heterocycles. The van der Waals surface area contributed by atoms with E-state index in [1.54, 1.807) is 0 Å². The van der Waals surface area contributed by atoms with Crippen LogP contribution in [0.25, 0.3) is 0 Å². The average molecular weight is 337 g/mol. The smallest absolute Gasteiger partial charge is 0.0594 e. The van der Waals surface area contributed by atoms with Gasteiger partial charge in [-0.1, -0.05) is 29.8 Å². The van der Waals surface area contributed by atoms with Gasteiger partial charge in [-0.2, -0.15) is 0 Å². The number of benzene rings is 1. The molecule has 0 amide bonds. The molecule has 0 radical (unpaired) electrons. The van der Waals surface area contributed by atoms with E-state index in [2.05, 4.69) is 21.9 Å². The third-order valence-electron chi connectivity index (χ3n) is 5.59. The Hall–Kier alpha value is -0.650. The molecule has 3 aliphatic heterocycles. The first-order valence-corrected chi connectivity index (χ1v) is 8.97. The van der Waals surface area contributed by atoms with Crippen LogP contribution in [-0.4, -0.2) is 69.0 Å². The maximum Gasteiger partial charge on any atom is 0.0594 e. The Morgan fingerprint density at radius 2 is 1.96 bits per heavy atom. The van der Waals surface area contributed by atoms with Crippen molar-refractivity contribution >= 4 is 11.6 Å². The first-order valence-electron chi connectivity index (χ1n) is 8.59. The molecule has 126 valence electrons. The van der Waals surface area contributed by atoms with Crippen molar-refractivity contribution in [1.29, 1.82) is 0 Å². The number of rotatable bonds is 4. The standard InChI is InChI=1S/C18H25ClN2O2/c19-17-4-2-1-3-15(17)9-21-10-16-11-23-14-18(16,13-21)12-20-5-7-22-8-6-20/h1-4,16H,5-14H2/t16-,18+/m0/s1. The van der Waals surface area contributed by atoms with E-state index >= 15 is 0 Å². The van der Waals surface area contributed by atoms with Gasteiger partial charge in [0, 0.05) is 55.6 Å². The van der Waals surface area contributed by atoms with Crippen LogP contribution in [0.2, 0.25) is 5.02 Å². The molecular weight excluding hydrogens is 312 g/mol. The van der Waals surface area contributed by atoms with Crippen molar-refractivity contribution in [1.82, 2.24) is 9.80 Å². The molecule has 0 unspecified atom stereocenters. The van der Waals surface area contributed by atoms with Crippen molar-refractivity contribution in [3.8, 4) is 0 Å². The number of morpholine rings is 1. The first-order chi connectivity index (χ1) is 11.3. The second-order valence-electron chi connectivity index (χ2n) is 7.22. The Labute approximate surface area is 143 Å². The molecule has 1 aromatic rings. The lowest BCUT2D eigenvalue weighted by molar-refractivity contribution is 0.0102. The fraction of sp³-hybridized carbons (Fsp3) is 0.667. The average Bonchev–Trinajstić information content (AvgIpc) is 3.07. The molecule has 0 bridgehead atoms. The molecule has 2 atom stereocenters. The molecular formula is C18H25ClN2O2. The van der Waals surface area contributed by atoms with Gasteiger partial charge in [-0.3, -0.25) is 9.80 Å². The van der Waals surface area contributed by atoms with Crippen LogP contribution in [0.5, 0.6) is 0 Å². The molecule has 0 aliphatic carbocycles. The fourth-order valence-corrected chi connectivity index (χ4v) is 4.55. The minimum Gasteiger partial charge on any atom is -0.380 e. The highest BCUT2D eigenvalue weighted by atomic mass is 35.5. The molecule has 0 N–H and O–H groups in total. The summed E-state index contributed by atoms with van der Waals surface area (Å²) in [6.45, 7) is 9.96. The van der Waals surface area contributed by atoms with Crippen LogP contribution in [-0.2, 0) is 16.0 Å². The molecule has 1 aromatic carbocycles. The SMILES string of the molecule is Clc1ccccc1CN1C[C@H]2COC[C@@]2(CN2CCOCC2)C1. The lowest BCUT2D eigenvalue weighted by Crippen LogP contribution is -2.47. The van der Waals surface area contributed by atoms with Crippen molar-refractivity contribution in [2.75, 3.05) is 59.2 Å². The Balaban J connectivity index is 1.44. The van der Waals surface area contributed by atoms with Gasteiger partial charge < -0.3 is 9.47 Å². The minimum atomic E-state index is 0.290. The van der Waals surface area contributed by atoms with E-state index in [0.29, 0.717) is 11.3 Å². The molecule has 23 heavy (non-hydrogen) atoms. The van der Waals surface area contributed by atoms with Gasteiger partial charge in [0.05, 0.1) is 26.4 Å². The van der Waals surface area contributed by atoms with Gasteiger partial charge in [0.15, 0.2) is 0 Å². The van der Waals surface area contributed by atoms with Crippen molar-refractivity contribution in [2.45, 2.75) is 6.54 Å². The van der Waals surface area contributed by atoms with Crippen LogP contribution in [0.15, 0.2) is 24.3 Å². The normalized spacial score (nSPS) is 32.3. The minimum absolute atomic E-state index is 0.290. The fourth-order valence-electron chi connectivity index (χ4n) is 4.36. The predicted molar refractivity (Wildman–Crippen MR) is 90.7 cm³/mol. The van der Waals surface area contributed by atoms with Crippen LogP contribution in [0.4, 0.5) is 0 Å². The van der Waals surface area contributed by atoms with Crippen molar-refractivity contribution < 1.29 is 9.47 Å². The number of ether oxygens (including phenoxy) is 2. The third-order valence-corrected chi connectivity index (χ3v) is 5.95. The van der Waals surface area contributed by atoms with Crippen molar-refractivity contribution in [2.24, 2.45) is 11.3 Å². The third kappa shape index (κ3) is 3.28. The largest absolute Gasteiger partial charge is 0.380 e. The highest BCUT2D eigenvalue weighted by Crippen LogP contribution is 2.42. The Morgan fingerprint density at radius 1 is 1.13 bits per heavy atom. The highest BCUT2D eigenvalue weighted by Gasteiger charge is 2.51. The van der Waals surface area contributed by atoms with Gasteiger partial charge in [-0.05, 0) is 11.6 Å². The van der Waals surface area contributed by atoms with Gasteiger partial charge in [0.25, 0.3) is 0 Å². The zero-order valence-corrected chi connectivity index (χ0v) is 14.3. The van der Waals surface area contributed by atoms with Crippen LogP contribution < -0.4 is 0 Å². The zero-order chi connectivity index (χ0) is 15.7. The molecule has 3 saturated heterocycles. The molecule has 3 aliphatic rings. The van der Waals surface area contributed by atoms with E-state index in [4.69, 9.17) is 21.1 Å². The van der Waals surface area contributed by atoms with Crippen LogP contribution in [0.1, 0.15) is 5.56 Å². The second-order valence-corrected chi connectivity index (χ2v) is 7.63. The number of nitrogens with zero attached hydrogens (tertiary/aromatic N) is 2. The van der Waals surface area contributed by atoms with Crippen molar-refractivity contribution in [3.05, 3.63) is 34.9 Å². The number of hydrogen-bond donors (Lipinski definition) is 0. The first kappa shape index (κ1) is 15.9.